The molecule has 4 atom stereocenters. The minimum atomic E-state index is -0.707. The Kier molecular flexibility index (Phi) is 6.36. The highest BCUT2D eigenvalue weighted by atomic mass is 35.5. The van der Waals surface area contributed by atoms with E-state index < -0.39 is 5.79 Å². The molecule has 4 aromatic rings. The molecule has 2 N–H and O–H groups in total. The summed E-state index contributed by atoms with van der Waals surface area (Å²) in [5.41, 5.74) is 3.69. The van der Waals surface area contributed by atoms with Crippen molar-refractivity contribution in [1.29, 1.82) is 0 Å². The average Bonchev–Trinajstić information content (AvgIpc) is 3.55. The van der Waals surface area contributed by atoms with Gasteiger partial charge in [-0.2, -0.15) is 9.97 Å². The van der Waals surface area contributed by atoms with E-state index in [-0.39, 0.29) is 42.0 Å². The molecule has 3 heterocycles. The third kappa shape index (κ3) is 4.59. The Balaban J connectivity index is 1.32. The molecule has 0 radical (unpaired) electrons. The maximum Gasteiger partial charge on any atom is 0.226 e. The molecule has 192 valence electrons. The van der Waals surface area contributed by atoms with Gasteiger partial charge in [-0.1, -0.05) is 60.7 Å². The lowest BCUT2D eigenvalue weighted by atomic mass is 9.91. The van der Waals surface area contributed by atoms with E-state index in [4.69, 9.17) is 21.1 Å². The molecule has 0 unspecified atom stereocenters. The molecule has 6 rings (SSSR count). The first-order valence-corrected chi connectivity index (χ1v) is 13.0. The fourth-order valence-corrected chi connectivity index (χ4v) is 5.93. The summed E-state index contributed by atoms with van der Waals surface area (Å²) in [6.45, 7) is 4.45. The van der Waals surface area contributed by atoms with Crippen molar-refractivity contribution in [2.24, 2.45) is 5.92 Å². The second kappa shape index (κ2) is 9.68. The van der Waals surface area contributed by atoms with Gasteiger partial charge in [0.15, 0.2) is 22.8 Å². The minimum absolute atomic E-state index is 0.0263. The second-order valence-corrected chi connectivity index (χ2v) is 10.6. The van der Waals surface area contributed by atoms with Crippen LogP contribution in [0.2, 0.25) is 5.28 Å². The van der Waals surface area contributed by atoms with Crippen LogP contribution in [-0.4, -0.2) is 55.8 Å². The number of fused-ring (bicyclic) bond motifs is 2. The predicted octanol–water partition coefficient (Wildman–Crippen LogP) is 4.80. The van der Waals surface area contributed by atoms with E-state index in [2.05, 4.69) is 68.8 Å². The van der Waals surface area contributed by atoms with Gasteiger partial charge in [0, 0.05) is 25.0 Å². The van der Waals surface area contributed by atoms with Crippen molar-refractivity contribution in [3.8, 4) is 0 Å². The Labute approximate surface area is 220 Å². The molecular formula is C28H30ClN5O3. The molecule has 2 fully saturated rings. The summed E-state index contributed by atoms with van der Waals surface area (Å²) in [5.74, 6) is -0.0361. The molecule has 2 aromatic carbocycles. The number of ether oxygens (including phenoxy) is 2. The van der Waals surface area contributed by atoms with Gasteiger partial charge in [-0.05, 0) is 43.0 Å². The highest BCUT2D eigenvalue weighted by Crippen LogP contribution is 2.47. The molecule has 2 aliphatic rings. The highest BCUT2D eigenvalue weighted by Gasteiger charge is 2.54. The van der Waals surface area contributed by atoms with Crippen LogP contribution in [0.3, 0.4) is 0 Å². The monoisotopic (exact) mass is 519 g/mol. The number of hydrogen-bond acceptors (Lipinski definition) is 7. The molecule has 1 saturated carbocycles. The Bertz CT molecular complexity index is 1340. The van der Waals surface area contributed by atoms with Gasteiger partial charge in [0.2, 0.25) is 5.28 Å². The van der Waals surface area contributed by atoms with E-state index in [1.165, 1.54) is 11.1 Å². The van der Waals surface area contributed by atoms with Crippen molar-refractivity contribution in [3.05, 3.63) is 83.4 Å². The normalized spacial score (nSPS) is 24.6. The number of hydrogen-bond donors (Lipinski definition) is 2. The Morgan fingerprint density at radius 1 is 1.03 bits per heavy atom. The number of rotatable bonds is 7. The number of benzene rings is 2. The van der Waals surface area contributed by atoms with Crippen LogP contribution < -0.4 is 5.32 Å². The molecule has 8 nitrogen and oxygen atoms in total. The maximum atomic E-state index is 9.99. The molecular weight excluding hydrogens is 490 g/mol. The summed E-state index contributed by atoms with van der Waals surface area (Å²) in [6.07, 6.45) is 2.06. The summed E-state index contributed by atoms with van der Waals surface area (Å²) < 4.78 is 14.4. The van der Waals surface area contributed by atoms with Crippen LogP contribution in [0.4, 0.5) is 5.82 Å². The van der Waals surface area contributed by atoms with E-state index >= 15 is 0 Å². The van der Waals surface area contributed by atoms with Crippen LogP contribution in [-0.2, 0) is 9.47 Å². The van der Waals surface area contributed by atoms with Crippen LogP contribution in [0.25, 0.3) is 11.2 Å². The van der Waals surface area contributed by atoms with Crippen LogP contribution in [0.5, 0.6) is 0 Å². The van der Waals surface area contributed by atoms with E-state index in [1.807, 2.05) is 30.5 Å². The van der Waals surface area contributed by atoms with Crippen molar-refractivity contribution >= 4 is 28.6 Å². The third-order valence-corrected chi connectivity index (χ3v) is 7.58. The lowest BCUT2D eigenvalue weighted by Gasteiger charge is -2.24. The molecule has 2 aromatic heterocycles. The lowest BCUT2D eigenvalue weighted by molar-refractivity contribution is -0.161. The summed E-state index contributed by atoms with van der Waals surface area (Å²) in [5, 5.41) is 13.6. The van der Waals surface area contributed by atoms with Crippen molar-refractivity contribution in [2.75, 3.05) is 18.5 Å². The fourth-order valence-electron chi connectivity index (χ4n) is 5.76. The van der Waals surface area contributed by atoms with Gasteiger partial charge in [-0.3, -0.25) is 0 Å². The van der Waals surface area contributed by atoms with E-state index in [9.17, 15) is 5.11 Å². The maximum absolute atomic E-state index is 9.99. The van der Waals surface area contributed by atoms with Gasteiger partial charge in [0.05, 0.1) is 18.5 Å². The number of aromatic nitrogens is 4. The predicted molar refractivity (Wildman–Crippen MR) is 142 cm³/mol. The fraction of sp³-hybridized carbons (Fsp3) is 0.393. The van der Waals surface area contributed by atoms with Crippen molar-refractivity contribution in [2.45, 2.75) is 50.2 Å². The molecule has 37 heavy (non-hydrogen) atoms. The number of halogens is 1. The highest BCUT2D eigenvalue weighted by molar-refractivity contribution is 6.28. The molecule has 0 spiro atoms. The second-order valence-electron chi connectivity index (χ2n) is 10.2. The van der Waals surface area contributed by atoms with Gasteiger partial charge >= 0.3 is 0 Å². The first-order valence-electron chi connectivity index (χ1n) is 12.6. The Morgan fingerprint density at radius 2 is 1.68 bits per heavy atom. The van der Waals surface area contributed by atoms with Crippen LogP contribution in [0.1, 0.15) is 43.4 Å². The molecule has 9 heteroatoms. The molecule has 0 bridgehead atoms. The summed E-state index contributed by atoms with van der Waals surface area (Å²) >= 11 is 6.42. The van der Waals surface area contributed by atoms with E-state index in [1.54, 1.807) is 6.33 Å². The lowest BCUT2D eigenvalue weighted by Crippen LogP contribution is -2.27. The summed E-state index contributed by atoms with van der Waals surface area (Å²) in [6, 6.07) is 20.7. The summed E-state index contributed by atoms with van der Waals surface area (Å²) in [7, 11) is 0. The number of imidazole rings is 1. The average molecular weight is 520 g/mol. The molecule has 1 aliphatic carbocycles. The largest absolute Gasteiger partial charge is 0.396 e. The van der Waals surface area contributed by atoms with E-state index in [0.29, 0.717) is 29.9 Å². The zero-order valence-electron chi connectivity index (χ0n) is 20.8. The smallest absolute Gasteiger partial charge is 0.226 e. The number of anilines is 1. The SMILES string of the molecule is CC1(C)O[C@@H]2[C@@H](CO)C[C@@H](n3cnc4c(NCC(c5ccccc5)c5ccccc5)nc(Cl)nc43)[C@@H]2O1. The van der Waals surface area contributed by atoms with E-state index in [0.717, 1.165) is 0 Å². The van der Waals surface area contributed by atoms with Crippen LogP contribution in [0.15, 0.2) is 67.0 Å². The molecule has 0 amide bonds. The molecule has 1 aliphatic heterocycles. The van der Waals surface area contributed by atoms with Crippen LogP contribution >= 0.6 is 11.6 Å². The molecule has 1 saturated heterocycles. The zero-order chi connectivity index (χ0) is 25.6. The van der Waals surface area contributed by atoms with Gasteiger partial charge in [-0.15, -0.1) is 0 Å². The quantitative estimate of drug-likeness (QED) is 0.339. The first kappa shape index (κ1) is 24.3. The number of aliphatic hydroxyl groups excluding tert-OH is 1. The van der Waals surface area contributed by atoms with Gasteiger partial charge in [-0.25, -0.2) is 4.98 Å². The van der Waals surface area contributed by atoms with Crippen LogP contribution in [0, 0.1) is 5.92 Å². The standard InChI is InChI=1S/C28H30ClN5O3/c1-28(2)36-23-19(15-35)13-21(24(23)37-28)34-16-31-22-25(32-27(29)33-26(22)34)30-14-20(17-9-5-3-6-10-17)18-11-7-4-8-12-18/h3-12,16,19-21,23-24,35H,13-15H2,1-2H3,(H,30,32,33)/t19-,21-,23-,24+/m1/s1. The number of nitrogens with one attached hydrogen (secondary N) is 1. The Morgan fingerprint density at radius 3 is 2.32 bits per heavy atom. The zero-order valence-corrected chi connectivity index (χ0v) is 21.5. The summed E-state index contributed by atoms with van der Waals surface area (Å²) in [4.78, 5) is 13.7. The van der Waals surface area contributed by atoms with Gasteiger partial charge in [0.25, 0.3) is 0 Å². The first-order chi connectivity index (χ1) is 17.9. The van der Waals surface area contributed by atoms with Crippen molar-refractivity contribution in [1.82, 2.24) is 19.5 Å². The van der Waals surface area contributed by atoms with Gasteiger partial charge in [0.1, 0.15) is 6.10 Å². The third-order valence-electron chi connectivity index (χ3n) is 7.42. The Hall–Kier alpha value is -3.04. The topological polar surface area (TPSA) is 94.3 Å². The van der Waals surface area contributed by atoms with Crippen molar-refractivity contribution in [3.63, 3.8) is 0 Å². The number of nitrogens with zero attached hydrogens (tertiary/aromatic N) is 4. The van der Waals surface area contributed by atoms with Crippen molar-refractivity contribution < 1.29 is 14.6 Å². The minimum Gasteiger partial charge on any atom is -0.396 e. The van der Waals surface area contributed by atoms with Gasteiger partial charge < -0.3 is 24.5 Å². The number of aliphatic hydroxyl groups is 1.